The number of aromatic amines is 1. The quantitative estimate of drug-likeness (QED) is 0.746. The molecule has 1 aliphatic heterocycles. The second-order valence-electron chi connectivity index (χ2n) is 7.41. The van der Waals surface area contributed by atoms with Gasteiger partial charge in [0.25, 0.3) is 0 Å². The van der Waals surface area contributed by atoms with Gasteiger partial charge in [-0.3, -0.25) is 5.10 Å². The van der Waals surface area contributed by atoms with E-state index >= 15 is 0 Å². The fraction of sp³-hybridized carbons (Fsp3) is 0.318. The van der Waals surface area contributed by atoms with Gasteiger partial charge >= 0.3 is 0 Å². The number of anilines is 1. The zero-order chi connectivity index (χ0) is 18.8. The van der Waals surface area contributed by atoms with Gasteiger partial charge in [0.15, 0.2) is 0 Å². The van der Waals surface area contributed by atoms with Crippen LogP contribution in [0.2, 0.25) is 0 Å². The lowest BCUT2D eigenvalue weighted by Crippen LogP contribution is -3.13. The van der Waals surface area contributed by atoms with E-state index in [1.165, 1.54) is 34.5 Å². The minimum absolute atomic E-state index is 0.215. The number of halogens is 1. The van der Waals surface area contributed by atoms with E-state index in [9.17, 15) is 4.39 Å². The molecule has 5 heteroatoms. The van der Waals surface area contributed by atoms with Crippen LogP contribution in [0.4, 0.5) is 10.1 Å². The van der Waals surface area contributed by atoms with Gasteiger partial charge in [0.05, 0.1) is 43.6 Å². The van der Waals surface area contributed by atoms with E-state index in [-0.39, 0.29) is 5.82 Å². The first-order valence-corrected chi connectivity index (χ1v) is 9.55. The number of nitrogens with zero attached hydrogens (tertiary/aromatic N) is 2. The smallest absolute Gasteiger partial charge is 0.123 e. The average Bonchev–Trinajstić information content (AvgIpc) is 3.13. The Kier molecular flexibility index (Phi) is 4.94. The van der Waals surface area contributed by atoms with Crippen molar-refractivity contribution in [2.45, 2.75) is 20.4 Å². The predicted molar refractivity (Wildman–Crippen MR) is 107 cm³/mol. The monoisotopic (exact) mass is 365 g/mol. The molecule has 0 aliphatic carbocycles. The van der Waals surface area contributed by atoms with E-state index in [4.69, 9.17) is 0 Å². The van der Waals surface area contributed by atoms with E-state index in [0.29, 0.717) is 0 Å². The predicted octanol–water partition coefficient (Wildman–Crippen LogP) is 2.74. The maximum atomic E-state index is 13.2. The van der Waals surface area contributed by atoms with Gasteiger partial charge in [-0.1, -0.05) is 12.1 Å². The first-order chi connectivity index (χ1) is 13.1. The van der Waals surface area contributed by atoms with Crippen molar-refractivity contribution >= 4 is 5.69 Å². The van der Waals surface area contributed by atoms with Gasteiger partial charge in [0.1, 0.15) is 12.4 Å². The molecule has 2 aromatic carbocycles. The molecule has 1 fully saturated rings. The van der Waals surface area contributed by atoms with Gasteiger partial charge in [-0.05, 0) is 55.3 Å². The lowest BCUT2D eigenvalue weighted by Gasteiger charge is -2.34. The molecule has 2 N–H and O–H groups in total. The van der Waals surface area contributed by atoms with Crippen LogP contribution in [0.1, 0.15) is 16.7 Å². The zero-order valence-corrected chi connectivity index (χ0v) is 15.9. The standard InChI is InChI=1S/C22H25FN4/c1-16-4-3-5-21(17(16)2)27-12-10-26(11-13-27)15-19-14-24-25-22(19)18-6-8-20(23)9-7-18/h3-9,14H,10-13,15H2,1-2H3,(H,24,25)/p+1. The molecule has 0 bridgehead atoms. The molecule has 0 saturated carbocycles. The summed E-state index contributed by atoms with van der Waals surface area (Å²) in [5.41, 5.74) is 7.27. The lowest BCUT2D eigenvalue weighted by molar-refractivity contribution is -0.914. The summed E-state index contributed by atoms with van der Waals surface area (Å²) in [6.45, 7) is 9.64. The minimum Gasteiger partial charge on any atom is -0.360 e. The number of piperazine rings is 1. The van der Waals surface area contributed by atoms with Crippen molar-refractivity contribution in [2.75, 3.05) is 31.1 Å². The van der Waals surface area contributed by atoms with Crippen LogP contribution in [0.3, 0.4) is 0 Å². The molecule has 0 radical (unpaired) electrons. The topological polar surface area (TPSA) is 36.4 Å². The average molecular weight is 365 g/mol. The highest BCUT2D eigenvalue weighted by molar-refractivity contribution is 5.62. The van der Waals surface area contributed by atoms with Gasteiger partial charge < -0.3 is 9.80 Å². The van der Waals surface area contributed by atoms with Crippen LogP contribution in [0, 0.1) is 19.7 Å². The van der Waals surface area contributed by atoms with Crippen molar-refractivity contribution in [1.29, 1.82) is 0 Å². The van der Waals surface area contributed by atoms with Gasteiger partial charge in [0.2, 0.25) is 0 Å². The third-order valence-electron chi connectivity index (χ3n) is 5.68. The van der Waals surface area contributed by atoms with E-state index in [2.05, 4.69) is 47.1 Å². The molecule has 4 nitrogen and oxygen atoms in total. The van der Waals surface area contributed by atoms with Crippen LogP contribution in [-0.4, -0.2) is 36.4 Å². The maximum Gasteiger partial charge on any atom is 0.123 e. The van der Waals surface area contributed by atoms with E-state index < -0.39 is 0 Å². The first-order valence-electron chi connectivity index (χ1n) is 9.55. The highest BCUT2D eigenvalue weighted by Gasteiger charge is 2.23. The molecule has 0 atom stereocenters. The van der Waals surface area contributed by atoms with E-state index in [1.807, 2.05) is 6.20 Å². The van der Waals surface area contributed by atoms with Crippen LogP contribution in [-0.2, 0) is 6.54 Å². The Morgan fingerprint density at radius 3 is 2.56 bits per heavy atom. The lowest BCUT2D eigenvalue weighted by atomic mass is 10.1. The number of hydrogen-bond acceptors (Lipinski definition) is 2. The van der Waals surface area contributed by atoms with Crippen LogP contribution in [0.25, 0.3) is 11.3 Å². The normalized spacial score (nSPS) is 15.3. The number of benzene rings is 2. The van der Waals surface area contributed by atoms with E-state index in [1.54, 1.807) is 17.0 Å². The van der Waals surface area contributed by atoms with Gasteiger partial charge in [-0.25, -0.2) is 4.39 Å². The number of aryl methyl sites for hydroxylation is 1. The largest absolute Gasteiger partial charge is 0.360 e. The Hall–Kier alpha value is -2.66. The molecule has 0 amide bonds. The Morgan fingerprint density at radius 2 is 1.81 bits per heavy atom. The minimum atomic E-state index is -0.215. The highest BCUT2D eigenvalue weighted by Crippen LogP contribution is 2.23. The molecular formula is C22H26FN4+. The van der Waals surface area contributed by atoms with Gasteiger partial charge in [0, 0.05) is 11.3 Å². The Morgan fingerprint density at radius 1 is 1.07 bits per heavy atom. The number of hydrogen-bond donors (Lipinski definition) is 2. The Bertz CT molecular complexity index is 908. The van der Waals surface area contributed by atoms with Gasteiger partial charge in [-0.2, -0.15) is 5.10 Å². The summed E-state index contributed by atoms with van der Waals surface area (Å²) in [7, 11) is 0. The van der Waals surface area contributed by atoms with Crippen molar-refractivity contribution in [2.24, 2.45) is 0 Å². The molecule has 0 spiro atoms. The second-order valence-corrected chi connectivity index (χ2v) is 7.41. The highest BCUT2D eigenvalue weighted by atomic mass is 19.1. The number of nitrogens with one attached hydrogen (secondary N) is 2. The molecular weight excluding hydrogens is 339 g/mol. The second kappa shape index (κ2) is 7.53. The summed E-state index contributed by atoms with van der Waals surface area (Å²) >= 11 is 0. The molecule has 1 aliphatic rings. The summed E-state index contributed by atoms with van der Waals surface area (Å²) in [4.78, 5) is 4.06. The van der Waals surface area contributed by atoms with Crippen LogP contribution < -0.4 is 9.80 Å². The molecule has 1 aromatic heterocycles. The molecule has 27 heavy (non-hydrogen) atoms. The zero-order valence-electron chi connectivity index (χ0n) is 15.9. The van der Waals surface area contributed by atoms with Crippen LogP contribution >= 0.6 is 0 Å². The van der Waals surface area contributed by atoms with Gasteiger partial charge in [-0.15, -0.1) is 0 Å². The van der Waals surface area contributed by atoms with Crippen molar-refractivity contribution in [1.82, 2.24) is 10.2 Å². The number of H-pyrrole nitrogens is 1. The van der Waals surface area contributed by atoms with Crippen LogP contribution in [0.15, 0.2) is 48.7 Å². The molecule has 0 unspecified atom stereocenters. The molecule has 1 saturated heterocycles. The van der Waals surface area contributed by atoms with E-state index in [0.717, 1.165) is 44.0 Å². The van der Waals surface area contributed by atoms with Crippen molar-refractivity contribution in [3.05, 3.63) is 71.2 Å². The number of aromatic nitrogens is 2. The summed E-state index contributed by atoms with van der Waals surface area (Å²) in [6, 6.07) is 13.2. The fourth-order valence-corrected chi connectivity index (χ4v) is 3.90. The van der Waals surface area contributed by atoms with Crippen molar-refractivity contribution < 1.29 is 9.29 Å². The van der Waals surface area contributed by atoms with Crippen molar-refractivity contribution in [3.8, 4) is 11.3 Å². The maximum absolute atomic E-state index is 13.2. The number of rotatable bonds is 4. The molecule has 140 valence electrons. The summed E-state index contributed by atoms with van der Waals surface area (Å²) in [5.74, 6) is -0.215. The summed E-state index contributed by atoms with van der Waals surface area (Å²) in [6.07, 6.45) is 1.91. The van der Waals surface area contributed by atoms with Crippen molar-refractivity contribution in [3.63, 3.8) is 0 Å². The fourth-order valence-electron chi connectivity index (χ4n) is 3.90. The number of quaternary nitrogens is 1. The summed E-state index contributed by atoms with van der Waals surface area (Å²) in [5, 5.41) is 7.31. The first kappa shape index (κ1) is 17.7. The SMILES string of the molecule is Cc1cccc(N2CC[NH+](Cc3cn[nH]c3-c3ccc(F)cc3)CC2)c1C. The Balaban J connectivity index is 1.42. The molecule has 2 heterocycles. The summed E-state index contributed by atoms with van der Waals surface area (Å²) < 4.78 is 13.2. The molecule has 4 rings (SSSR count). The van der Waals surface area contributed by atoms with Crippen LogP contribution in [0.5, 0.6) is 0 Å². The third kappa shape index (κ3) is 3.74. The Labute approximate surface area is 159 Å². The third-order valence-corrected chi connectivity index (χ3v) is 5.68. The molecule has 3 aromatic rings.